The molecule has 4 nitrogen and oxygen atoms in total. The number of benzene rings is 2. The van der Waals surface area contributed by atoms with Gasteiger partial charge in [0.15, 0.2) is 0 Å². The number of aliphatic hydroxyl groups excluding tert-OH is 1. The first-order valence-electron chi connectivity index (χ1n) is 10.5. The van der Waals surface area contributed by atoms with Crippen molar-refractivity contribution in [3.63, 3.8) is 0 Å². The number of ether oxygens (including phenoxy) is 1. The number of halogens is 1. The number of aliphatic hydroxyl groups is 1. The predicted molar refractivity (Wildman–Crippen MR) is 124 cm³/mol. The van der Waals surface area contributed by atoms with E-state index in [0.717, 1.165) is 34.2 Å². The molecule has 1 atom stereocenters. The van der Waals surface area contributed by atoms with Crippen molar-refractivity contribution in [2.24, 2.45) is 5.92 Å². The van der Waals surface area contributed by atoms with Crippen LogP contribution in [0.4, 0.5) is 0 Å². The van der Waals surface area contributed by atoms with Gasteiger partial charge in [-0.05, 0) is 59.6 Å². The van der Waals surface area contributed by atoms with Crippen LogP contribution >= 0.6 is 15.9 Å². The van der Waals surface area contributed by atoms with Crippen LogP contribution < -0.4 is 10.1 Å². The highest BCUT2D eigenvalue weighted by Gasteiger charge is 2.51. The lowest BCUT2D eigenvalue weighted by Gasteiger charge is -2.22. The van der Waals surface area contributed by atoms with Gasteiger partial charge in [0, 0.05) is 23.5 Å². The quantitative estimate of drug-likeness (QED) is 0.581. The van der Waals surface area contributed by atoms with Crippen LogP contribution in [0, 0.1) is 5.92 Å². The first-order chi connectivity index (χ1) is 14.2. The van der Waals surface area contributed by atoms with Crippen LogP contribution in [0.2, 0.25) is 0 Å². The van der Waals surface area contributed by atoms with E-state index in [9.17, 15) is 9.90 Å². The van der Waals surface area contributed by atoms with Crippen molar-refractivity contribution in [1.82, 2.24) is 5.32 Å². The summed E-state index contributed by atoms with van der Waals surface area (Å²) in [6.07, 6.45) is 2.38. The van der Waals surface area contributed by atoms with Gasteiger partial charge in [0.1, 0.15) is 5.75 Å². The van der Waals surface area contributed by atoms with Crippen LogP contribution in [0.1, 0.15) is 50.3 Å². The molecule has 30 heavy (non-hydrogen) atoms. The second kappa shape index (κ2) is 9.11. The Morgan fingerprint density at radius 2 is 1.87 bits per heavy atom. The van der Waals surface area contributed by atoms with E-state index in [0.29, 0.717) is 13.0 Å². The Bertz CT molecular complexity index is 882. The number of nitrogens with one attached hydrogen (secondary N) is 1. The van der Waals surface area contributed by atoms with Crippen molar-refractivity contribution in [3.8, 4) is 5.75 Å². The van der Waals surface area contributed by atoms with E-state index in [1.54, 1.807) is 7.11 Å². The topological polar surface area (TPSA) is 58.6 Å². The van der Waals surface area contributed by atoms with Crippen molar-refractivity contribution >= 4 is 21.8 Å². The molecule has 5 heteroatoms. The molecule has 2 N–H and O–H groups in total. The number of hydrogen-bond acceptors (Lipinski definition) is 3. The van der Waals surface area contributed by atoms with E-state index in [-0.39, 0.29) is 23.8 Å². The highest BCUT2D eigenvalue weighted by atomic mass is 79.9. The maximum absolute atomic E-state index is 13.0. The minimum Gasteiger partial charge on any atom is -0.496 e. The summed E-state index contributed by atoms with van der Waals surface area (Å²) in [4.78, 5) is 13.0. The monoisotopic (exact) mass is 473 g/mol. The number of methoxy groups -OCH3 is 1. The first-order valence-corrected chi connectivity index (χ1v) is 11.3. The van der Waals surface area contributed by atoms with E-state index >= 15 is 0 Å². The van der Waals surface area contributed by atoms with Gasteiger partial charge in [0.2, 0.25) is 5.91 Å². The summed E-state index contributed by atoms with van der Waals surface area (Å²) in [6.45, 7) is 7.01. The molecule has 162 valence electrons. The first kappa shape index (κ1) is 22.8. The van der Waals surface area contributed by atoms with Gasteiger partial charge in [-0.25, -0.2) is 0 Å². The van der Waals surface area contributed by atoms with Gasteiger partial charge < -0.3 is 15.2 Å². The molecular formula is C25H32BrNO3. The number of hydrogen-bond donors (Lipinski definition) is 2. The highest BCUT2D eigenvalue weighted by molar-refractivity contribution is 9.10. The maximum atomic E-state index is 13.0. The summed E-state index contributed by atoms with van der Waals surface area (Å²) in [5.74, 6) is 0.780. The molecule has 3 rings (SSSR count). The standard InChI is InChI=1S/C25H32BrNO3/c1-24(2,3)19-5-7-20(8-6-19)25(11-12-25)23(29)27-15-17(16-28)13-18-14-21(26)9-10-22(18)30-4/h5-10,14,17,28H,11-13,15-16H2,1-4H3,(H,27,29). The van der Waals surface area contributed by atoms with Crippen molar-refractivity contribution in [2.75, 3.05) is 20.3 Å². The zero-order valence-electron chi connectivity index (χ0n) is 18.3. The Morgan fingerprint density at radius 3 is 2.40 bits per heavy atom. The lowest BCUT2D eigenvalue weighted by atomic mass is 9.85. The van der Waals surface area contributed by atoms with Gasteiger partial charge >= 0.3 is 0 Å². The van der Waals surface area contributed by atoms with Crippen LogP contribution in [0.5, 0.6) is 5.75 Å². The summed E-state index contributed by atoms with van der Waals surface area (Å²) in [7, 11) is 1.64. The molecular weight excluding hydrogens is 442 g/mol. The average Bonchev–Trinajstić information content (AvgIpc) is 3.52. The van der Waals surface area contributed by atoms with Crippen LogP contribution in [0.15, 0.2) is 46.9 Å². The molecule has 0 aliphatic heterocycles. The second-order valence-electron chi connectivity index (χ2n) is 9.33. The summed E-state index contributed by atoms with van der Waals surface area (Å²) < 4.78 is 6.40. The Hall–Kier alpha value is -1.85. The Kier molecular flexibility index (Phi) is 6.93. The fraction of sp³-hybridized carbons (Fsp3) is 0.480. The number of carbonyl (C=O) groups is 1. The van der Waals surface area contributed by atoms with E-state index in [1.807, 2.05) is 18.2 Å². The average molecular weight is 474 g/mol. The Balaban J connectivity index is 1.65. The summed E-state index contributed by atoms with van der Waals surface area (Å²) in [6, 6.07) is 14.3. The molecule has 0 heterocycles. The molecule has 1 fully saturated rings. The normalized spacial score (nSPS) is 16.1. The van der Waals surface area contributed by atoms with Gasteiger partial charge in [0.05, 0.1) is 12.5 Å². The highest BCUT2D eigenvalue weighted by Crippen LogP contribution is 2.48. The Labute approximate surface area is 188 Å². The molecule has 1 amide bonds. The van der Waals surface area contributed by atoms with Crippen LogP contribution in [-0.4, -0.2) is 31.3 Å². The fourth-order valence-corrected chi connectivity index (χ4v) is 4.29. The molecule has 0 bridgehead atoms. The predicted octanol–water partition coefficient (Wildman–Crippen LogP) is 4.75. The third-order valence-electron chi connectivity index (χ3n) is 6.05. The van der Waals surface area contributed by atoms with Gasteiger partial charge in [-0.3, -0.25) is 4.79 Å². The lowest BCUT2D eigenvalue weighted by molar-refractivity contribution is -0.123. The third kappa shape index (κ3) is 5.06. The molecule has 1 saturated carbocycles. The van der Waals surface area contributed by atoms with E-state index in [2.05, 4.69) is 66.3 Å². The van der Waals surface area contributed by atoms with E-state index in [4.69, 9.17) is 4.74 Å². The van der Waals surface area contributed by atoms with Crippen LogP contribution in [-0.2, 0) is 22.0 Å². The van der Waals surface area contributed by atoms with Gasteiger partial charge in [0.25, 0.3) is 0 Å². The number of carbonyl (C=O) groups excluding carboxylic acids is 1. The van der Waals surface area contributed by atoms with Gasteiger partial charge in [-0.15, -0.1) is 0 Å². The fourth-order valence-electron chi connectivity index (χ4n) is 3.89. The van der Waals surface area contributed by atoms with Crippen LogP contribution in [0.25, 0.3) is 0 Å². The zero-order valence-corrected chi connectivity index (χ0v) is 19.9. The van der Waals surface area contributed by atoms with Crippen molar-refractivity contribution in [3.05, 3.63) is 63.6 Å². The SMILES string of the molecule is COc1ccc(Br)cc1CC(CO)CNC(=O)C1(c2ccc(C(C)(C)C)cc2)CC1. The minimum absolute atomic E-state index is 0.00320. The zero-order chi connectivity index (χ0) is 21.9. The van der Waals surface area contributed by atoms with Crippen molar-refractivity contribution in [1.29, 1.82) is 0 Å². The molecule has 0 saturated heterocycles. The summed E-state index contributed by atoms with van der Waals surface area (Å²) in [5.41, 5.74) is 3.05. The van der Waals surface area contributed by atoms with Crippen molar-refractivity contribution < 1.29 is 14.6 Å². The van der Waals surface area contributed by atoms with Crippen LogP contribution in [0.3, 0.4) is 0 Å². The van der Waals surface area contributed by atoms with Gasteiger partial charge in [-0.1, -0.05) is 61.0 Å². The van der Waals surface area contributed by atoms with Gasteiger partial charge in [-0.2, -0.15) is 0 Å². The third-order valence-corrected chi connectivity index (χ3v) is 6.54. The maximum Gasteiger partial charge on any atom is 0.230 e. The minimum atomic E-state index is -0.413. The Morgan fingerprint density at radius 1 is 1.20 bits per heavy atom. The molecule has 1 aliphatic rings. The smallest absolute Gasteiger partial charge is 0.230 e. The summed E-state index contributed by atoms with van der Waals surface area (Å²) >= 11 is 3.49. The second-order valence-corrected chi connectivity index (χ2v) is 10.2. The number of amides is 1. The molecule has 1 aliphatic carbocycles. The van der Waals surface area contributed by atoms with E-state index in [1.165, 1.54) is 5.56 Å². The molecule has 2 aromatic rings. The van der Waals surface area contributed by atoms with E-state index < -0.39 is 5.41 Å². The largest absolute Gasteiger partial charge is 0.496 e. The summed E-state index contributed by atoms with van der Waals surface area (Å²) in [5, 5.41) is 13.0. The molecule has 2 aromatic carbocycles. The molecule has 0 spiro atoms. The molecule has 0 radical (unpaired) electrons. The van der Waals surface area contributed by atoms with Crippen molar-refractivity contribution in [2.45, 2.75) is 50.9 Å². The molecule has 0 aromatic heterocycles. The molecule has 1 unspecified atom stereocenters. The lowest BCUT2D eigenvalue weighted by Crippen LogP contribution is -2.39. The number of rotatable bonds is 8.